The summed E-state index contributed by atoms with van der Waals surface area (Å²) in [6, 6.07) is 0. The minimum Gasteiger partial charge on any atom is -0.0525 e. The molecule has 6 heavy (non-hydrogen) atoms. The first-order chi connectivity index (χ1) is 3.00. The van der Waals surface area contributed by atoms with E-state index in [9.17, 15) is 0 Å². The van der Waals surface area contributed by atoms with Gasteiger partial charge in [0.25, 0.3) is 0 Å². The molecule has 0 aliphatic carbocycles. The Bertz CT molecular complexity index is 21.0. The molecule has 0 spiro atoms. The number of hydrogen-bond donors (Lipinski definition) is 0. The molecule has 1 heterocycles. The van der Waals surface area contributed by atoms with Gasteiger partial charge in [0, 0.05) is 0 Å². The SMILES string of the molecule is P1PSSSS1. The molecular formula is H2P2S4. The van der Waals surface area contributed by atoms with Crippen molar-refractivity contribution < 1.29 is 0 Å². The van der Waals surface area contributed by atoms with E-state index in [1.165, 1.54) is 0 Å². The van der Waals surface area contributed by atoms with Crippen molar-refractivity contribution in [3.63, 3.8) is 0 Å². The highest BCUT2D eigenvalue weighted by Crippen LogP contribution is 2.73. The lowest BCUT2D eigenvalue weighted by Gasteiger charge is -2.02. The fraction of sp³-hybridized carbons (Fsp3) is 0. The molecule has 6 heteroatoms. The van der Waals surface area contributed by atoms with E-state index in [1.807, 2.05) is 40.5 Å². The summed E-state index contributed by atoms with van der Waals surface area (Å²) in [5.74, 6) is 0. The average Bonchev–Trinajstić information content (AvgIpc) is 1.72. The van der Waals surface area contributed by atoms with Gasteiger partial charge in [0.2, 0.25) is 0 Å². The Morgan fingerprint density at radius 3 is 1.50 bits per heavy atom. The van der Waals surface area contributed by atoms with Crippen LogP contribution in [0.2, 0.25) is 0 Å². The third-order valence-electron chi connectivity index (χ3n) is 0.221. The summed E-state index contributed by atoms with van der Waals surface area (Å²) >= 11 is 0. The second kappa shape index (κ2) is 4.17. The molecule has 1 rings (SSSR count). The molecule has 0 N–H and O–H groups in total. The molecule has 0 aromatic heterocycles. The summed E-state index contributed by atoms with van der Waals surface area (Å²) in [4.78, 5) is 0. The molecular weight excluding hydrogens is 190 g/mol. The van der Waals surface area contributed by atoms with E-state index in [-0.39, 0.29) is 0 Å². The van der Waals surface area contributed by atoms with Crippen molar-refractivity contribution in [2.75, 3.05) is 0 Å². The van der Waals surface area contributed by atoms with Gasteiger partial charge >= 0.3 is 0 Å². The van der Waals surface area contributed by atoms with E-state index < -0.39 is 0 Å². The van der Waals surface area contributed by atoms with Crippen LogP contribution in [0.3, 0.4) is 0 Å². The van der Waals surface area contributed by atoms with Crippen LogP contribution in [0, 0.1) is 0 Å². The van der Waals surface area contributed by atoms with Crippen LogP contribution in [0.25, 0.3) is 0 Å². The fourth-order valence-corrected chi connectivity index (χ4v) is 23.3. The van der Waals surface area contributed by atoms with Crippen LogP contribution in [-0.2, 0) is 0 Å². The molecule has 2 atom stereocenters. The Morgan fingerprint density at radius 2 is 1.33 bits per heavy atom. The van der Waals surface area contributed by atoms with E-state index in [4.69, 9.17) is 0 Å². The molecule has 0 amide bonds. The van der Waals surface area contributed by atoms with Crippen molar-refractivity contribution in [3.8, 4) is 0 Å². The highest BCUT2D eigenvalue weighted by Gasteiger charge is 1.98. The molecule has 0 aromatic carbocycles. The van der Waals surface area contributed by atoms with Crippen LogP contribution in [-0.4, -0.2) is 0 Å². The Morgan fingerprint density at radius 1 is 0.833 bits per heavy atom. The Labute approximate surface area is 55.3 Å². The predicted octanol–water partition coefficient (Wildman–Crippen LogP) is 3.78. The van der Waals surface area contributed by atoms with Crippen LogP contribution in [0.5, 0.6) is 0 Å². The van der Waals surface area contributed by atoms with Crippen LogP contribution in [0.4, 0.5) is 0 Å². The van der Waals surface area contributed by atoms with Crippen molar-refractivity contribution in [2.24, 2.45) is 0 Å². The monoisotopic (exact) mass is 192 g/mol. The van der Waals surface area contributed by atoms with Gasteiger partial charge in [0.1, 0.15) is 0 Å². The molecule has 0 radical (unpaired) electrons. The highest BCUT2D eigenvalue weighted by atomic mass is 33.9. The quantitative estimate of drug-likeness (QED) is 0.423. The zero-order valence-corrected chi connectivity index (χ0v) is 7.90. The summed E-state index contributed by atoms with van der Waals surface area (Å²) in [6.45, 7) is 0. The maximum absolute atomic E-state index is 1.99. The van der Waals surface area contributed by atoms with Gasteiger partial charge in [-0.2, -0.15) is 0 Å². The molecule has 1 fully saturated rings. The Kier molecular flexibility index (Phi) is 4.43. The fourth-order valence-electron chi connectivity index (χ4n) is 0.0958. The summed E-state index contributed by atoms with van der Waals surface area (Å²) < 4.78 is 0. The maximum atomic E-state index is 1.99. The van der Waals surface area contributed by atoms with Crippen molar-refractivity contribution >= 4 is 55.4 Å². The Balaban J connectivity index is 2.00. The maximum Gasteiger partial charge on any atom is -0.00835 e. The van der Waals surface area contributed by atoms with E-state index in [2.05, 4.69) is 0 Å². The largest absolute Gasteiger partial charge is 0.0525 e. The molecule has 1 saturated heterocycles. The summed E-state index contributed by atoms with van der Waals surface area (Å²) in [6.07, 6.45) is 0. The molecule has 0 saturated carbocycles. The minimum absolute atomic E-state index is 1.15. The Hall–Kier alpha value is 2.26. The van der Waals surface area contributed by atoms with E-state index in [0.29, 0.717) is 0 Å². The first kappa shape index (κ1) is 6.38. The third-order valence-corrected chi connectivity index (χ3v) is 17.9. The third kappa shape index (κ3) is 2.54. The van der Waals surface area contributed by atoms with E-state index >= 15 is 0 Å². The topological polar surface area (TPSA) is 0 Å². The summed E-state index contributed by atoms with van der Waals surface area (Å²) in [7, 11) is 10.1. The smallest absolute Gasteiger partial charge is 0.00835 e. The molecule has 36 valence electrons. The first-order valence-corrected chi connectivity index (χ1v) is 10.4. The molecule has 0 aromatic rings. The van der Waals surface area contributed by atoms with Crippen LogP contribution in [0.15, 0.2) is 0 Å². The number of hydrogen-bond acceptors (Lipinski definition) is 4. The standard InChI is InChI=1S/H2P2S4/c1-2-4-6-5-3-1/h1-2H. The zero-order chi connectivity index (χ0) is 4.24. The van der Waals surface area contributed by atoms with E-state index in [0.717, 1.165) is 14.9 Å². The van der Waals surface area contributed by atoms with E-state index in [1.54, 1.807) is 0 Å². The van der Waals surface area contributed by atoms with Crippen molar-refractivity contribution in [3.05, 3.63) is 0 Å². The van der Waals surface area contributed by atoms with Crippen molar-refractivity contribution in [2.45, 2.75) is 0 Å². The molecule has 0 bridgehead atoms. The number of rotatable bonds is 0. The van der Waals surface area contributed by atoms with Crippen molar-refractivity contribution in [1.29, 1.82) is 0 Å². The lowest BCUT2D eigenvalue weighted by molar-refractivity contribution is 5.28. The molecule has 0 nitrogen and oxygen atoms in total. The average molecular weight is 192 g/mol. The lowest BCUT2D eigenvalue weighted by atomic mass is 29.5. The normalized spacial score (nSPS) is 32.0. The predicted molar refractivity (Wildman–Crippen MR) is 47.0 cm³/mol. The second-order valence-electron chi connectivity index (χ2n) is 0.507. The van der Waals surface area contributed by atoms with Gasteiger partial charge in [0.15, 0.2) is 0 Å². The van der Waals surface area contributed by atoms with Crippen molar-refractivity contribution in [1.82, 2.24) is 0 Å². The molecule has 1 aliphatic rings. The van der Waals surface area contributed by atoms with Gasteiger partial charge in [0.05, 0.1) is 0 Å². The van der Waals surface area contributed by atoms with Crippen LogP contribution in [0.1, 0.15) is 0 Å². The van der Waals surface area contributed by atoms with Crippen LogP contribution >= 0.6 is 55.4 Å². The first-order valence-electron chi connectivity index (χ1n) is 1.16. The highest BCUT2D eigenvalue weighted by molar-refractivity contribution is 9.44. The lowest BCUT2D eigenvalue weighted by Crippen LogP contribution is -1.29. The van der Waals surface area contributed by atoms with Gasteiger partial charge < -0.3 is 0 Å². The summed E-state index contributed by atoms with van der Waals surface area (Å²) in [5.41, 5.74) is 0. The van der Waals surface area contributed by atoms with Gasteiger partial charge in [-0.05, 0) is 34.6 Å². The zero-order valence-electron chi connectivity index (χ0n) is 2.63. The summed E-state index contributed by atoms with van der Waals surface area (Å²) in [5, 5.41) is 0. The second-order valence-corrected chi connectivity index (χ2v) is 13.7. The minimum atomic E-state index is 1.15. The van der Waals surface area contributed by atoms with Gasteiger partial charge in [-0.3, -0.25) is 0 Å². The van der Waals surface area contributed by atoms with Gasteiger partial charge in [-0.15, -0.1) is 0 Å². The van der Waals surface area contributed by atoms with Gasteiger partial charge in [-0.1, -0.05) is 20.8 Å². The van der Waals surface area contributed by atoms with Gasteiger partial charge in [-0.25, -0.2) is 0 Å². The molecule has 1 aliphatic heterocycles. The molecule has 2 unspecified atom stereocenters. The van der Waals surface area contributed by atoms with Crippen LogP contribution < -0.4 is 0 Å².